The first-order valence-electron chi connectivity index (χ1n) is 3.35. The van der Waals surface area contributed by atoms with Gasteiger partial charge in [0.15, 0.2) is 4.99 Å². The second-order valence-electron chi connectivity index (χ2n) is 2.30. The number of amides is 2. The minimum atomic E-state index is -2.37. The molecular formula is C5H9N3O3S. The van der Waals surface area contributed by atoms with E-state index in [9.17, 15) is 13.2 Å². The Morgan fingerprint density at radius 2 is 2.25 bits per heavy atom. The fourth-order valence-electron chi connectivity index (χ4n) is 0.988. The smallest absolute Gasteiger partial charge is 0.319 e. The Labute approximate surface area is 70.9 Å². The molecule has 12 heavy (non-hydrogen) atoms. The zero-order valence-electron chi connectivity index (χ0n) is 6.28. The van der Waals surface area contributed by atoms with Gasteiger partial charge in [0.05, 0.1) is 6.54 Å². The van der Waals surface area contributed by atoms with E-state index < -0.39 is 16.3 Å². The minimum Gasteiger partial charge on any atom is -0.351 e. The van der Waals surface area contributed by atoms with Crippen molar-refractivity contribution in [2.75, 3.05) is 19.6 Å². The molecule has 1 saturated heterocycles. The summed E-state index contributed by atoms with van der Waals surface area (Å²) in [6.45, 7) is 1.03. The highest BCUT2D eigenvalue weighted by Gasteiger charge is 2.21. The molecule has 0 spiro atoms. The van der Waals surface area contributed by atoms with E-state index in [1.165, 1.54) is 0 Å². The lowest BCUT2D eigenvalue weighted by Gasteiger charge is -2.25. The maximum atomic E-state index is 10.7. The van der Waals surface area contributed by atoms with E-state index in [4.69, 9.17) is 5.73 Å². The highest BCUT2D eigenvalue weighted by atomic mass is 32.2. The molecule has 1 aliphatic heterocycles. The zero-order chi connectivity index (χ0) is 9.14. The molecule has 1 fully saturated rings. The van der Waals surface area contributed by atoms with Crippen LogP contribution in [0.1, 0.15) is 0 Å². The van der Waals surface area contributed by atoms with Crippen molar-refractivity contribution < 1.29 is 13.2 Å². The van der Waals surface area contributed by atoms with Gasteiger partial charge in [-0.15, -0.1) is 0 Å². The molecule has 68 valence electrons. The summed E-state index contributed by atoms with van der Waals surface area (Å²) < 4.78 is 21.1. The number of carbonyl (C=O) groups excluding carboxylic acids is 1. The van der Waals surface area contributed by atoms with Gasteiger partial charge in [-0.2, -0.15) is 8.42 Å². The summed E-state index contributed by atoms with van der Waals surface area (Å²) in [6, 6.07) is -0.726. The van der Waals surface area contributed by atoms with Crippen molar-refractivity contribution in [2.24, 2.45) is 5.73 Å². The van der Waals surface area contributed by atoms with Gasteiger partial charge >= 0.3 is 6.03 Å². The molecular weight excluding hydrogens is 182 g/mol. The summed E-state index contributed by atoms with van der Waals surface area (Å²) in [5.74, 6) is 0. The van der Waals surface area contributed by atoms with Gasteiger partial charge in [0.25, 0.3) is 0 Å². The summed E-state index contributed by atoms with van der Waals surface area (Å²) >= 11 is 0. The van der Waals surface area contributed by atoms with Gasteiger partial charge in [-0.1, -0.05) is 0 Å². The molecule has 0 radical (unpaired) electrons. The Balaban J connectivity index is 2.97. The fourth-order valence-corrected chi connectivity index (χ4v) is 1.57. The van der Waals surface area contributed by atoms with Crippen LogP contribution in [0.25, 0.3) is 0 Å². The number of nitrogens with two attached hydrogens (primary N) is 1. The molecule has 0 bridgehead atoms. The van der Waals surface area contributed by atoms with Gasteiger partial charge < -0.3 is 11.1 Å². The number of hydrogen-bond acceptors (Lipinski definition) is 4. The summed E-state index contributed by atoms with van der Waals surface area (Å²) in [7, 11) is -2.37. The number of urea groups is 1. The molecule has 0 aromatic carbocycles. The first-order valence-corrected chi connectivity index (χ1v) is 4.43. The Kier molecular flexibility index (Phi) is 2.66. The maximum Gasteiger partial charge on any atom is 0.319 e. The van der Waals surface area contributed by atoms with Crippen LogP contribution in [0, 0.1) is 0 Å². The number of hydrogen-bond donors (Lipinski definition) is 2. The van der Waals surface area contributed by atoms with Crippen LogP contribution in [0.3, 0.4) is 0 Å². The quantitative estimate of drug-likeness (QED) is 0.432. The third-order valence-electron chi connectivity index (χ3n) is 1.55. The van der Waals surface area contributed by atoms with E-state index in [0.29, 0.717) is 13.1 Å². The van der Waals surface area contributed by atoms with Crippen molar-refractivity contribution in [3.8, 4) is 0 Å². The van der Waals surface area contributed by atoms with Crippen LogP contribution < -0.4 is 11.1 Å². The highest BCUT2D eigenvalue weighted by molar-refractivity contribution is 7.73. The van der Waals surface area contributed by atoms with Gasteiger partial charge in [0.1, 0.15) is 0 Å². The monoisotopic (exact) mass is 191 g/mol. The number of piperazine rings is 1. The minimum absolute atomic E-state index is 0.00810. The summed E-state index contributed by atoms with van der Waals surface area (Å²) in [5, 5.41) is 2.82. The molecule has 3 N–H and O–H groups in total. The number of primary amides is 1. The fraction of sp³-hybridized carbons (Fsp3) is 0.600. The van der Waals surface area contributed by atoms with Crippen molar-refractivity contribution in [1.82, 2.24) is 10.2 Å². The molecule has 1 aliphatic rings. The van der Waals surface area contributed by atoms with Crippen molar-refractivity contribution in [1.29, 1.82) is 0 Å². The zero-order valence-corrected chi connectivity index (χ0v) is 7.10. The van der Waals surface area contributed by atoms with Gasteiger partial charge in [0.2, 0.25) is 10.3 Å². The molecule has 6 nitrogen and oxygen atoms in total. The molecule has 0 atom stereocenters. The molecule has 0 aliphatic carbocycles. The van der Waals surface area contributed by atoms with E-state index in [0.717, 1.165) is 4.90 Å². The van der Waals surface area contributed by atoms with Crippen molar-refractivity contribution in [3.05, 3.63) is 0 Å². The average molecular weight is 191 g/mol. The Bertz CT molecular complexity index is 313. The van der Waals surface area contributed by atoms with Crippen LogP contribution in [0.2, 0.25) is 0 Å². The summed E-state index contributed by atoms with van der Waals surface area (Å²) in [5.41, 5.74) is 4.96. The lowest BCUT2D eigenvalue weighted by Crippen LogP contribution is -2.52. The van der Waals surface area contributed by atoms with E-state index >= 15 is 0 Å². The topological polar surface area (TPSA) is 92.5 Å². The first kappa shape index (κ1) is 9.01. The van der Waals surface area contributed by atoms with Gasteiger partial charge in [-0.05, 0) is 0 Å². The van der Waals surface area contributed by atoms with Gasteiger partial charge in [0, 0.05) is 13.1 Å². The van der Waals surface area contributed by atoms with E-state index in [2.05, 4.69) is 5.32 Å². The molecule has 0 aromatic heterocycles. The van der Waals surface area contributed by atoms with Crippen molar-refractivity contribution in [3.63, 3.8) is 0 Å². The SMILES string of the molecule is NC(=O)N1CCNCC1=S(=O)=O. The van der Waals surface area contributed by atoms with Crippen molar-refractivity contribution >= 4 is 21.3 Å². The van der Waals surface area contributed by atoms with Crippen LogP contribution in [0.15, 0.2) is 0 Å². The average Bonchev–Trinajstić information content (AvgIpc) is 2.04. The normalized spacial score (nSPS) is 17.7. The summed E-state index contributed by atoms with van der Waals surface area (Å²) in [4.78, 5) is 11.8. The number of nitrogens with zero attached hydrogens (tertiary/aromatic N) is 1. The molecule has 0 unspecified atom stereocenters. The number of nitrogens with one attached hydrogen (secondary N) is 1. The maximum absolute atomic E-state index is 10.7. The van der Waals surface area contributed by atoms with E-state index in [-0.39, 0.29) is 11.5 Å². The van der Waals surface area contributed by atoms with Crippen LogP contribution in [0.5, 0.6) is 0 Å². The molecule has 0 aromatic rings. The van der Waals surface area contributed by atoms with Crippen LogP contribution >= 0.6 is 0 Å². The third-order valence-corrected chi connectivity index (χ3v) is 2.30. The molecule has 1 rings (SSSR count). The predicted molar refractivity (Wildman–Crippen MR) is 43.1 cm³/mol. The second-order valence-corrected chi connectivity index (χ2v) is 3.24. The predicted octanol–water partition coefficient (Wildman–Crippen LogP) is -2.02. The second kappa shape index (κ2) is 3.55. The Morgan fingerprint density at radius 3 is 2.67 bits per heavy atom. The van der Waals surface area contributed by atoms with Gasteiger partial charge in [-0.3, -0.25) is 4.90 Å². The Hall–Kier alpha value is -1.08. The Morgan fingerprint density at radius 1 is 1.58 bits per heavy atom. The van der Waals surface area contributed by atoms with E-state index in [1.54, 1.807) is 0 Å². The van der Waals surface area contributed by atoms with Gasteiger partial charge in [-0.25, -0.2) is 4.79 Å². The highest BCUT2D eigenvalue weighted by Crippen LogP contribution is 1.93. The molecule has 0 saturated carbocycles. The molecule has 7 heteroatoms. The molecule has 1 heterocycles. The standard InChI is InChI=1S/C5H9N3O3S/c6-5(9)8-2-1-7-3-4(8)12(10)11/h7H,1-3H2,(H2,6,9). The van der Waals surface area contributed by atoms with Crippen molar-refractivity contribution in [2.45, 2.75) is 0 Å². The van der Waals surface area contributed by atoms with Crippen LogP contribution in [0.4, 0.5) is 4.79 Å². The number of carbonyl (C=O) groups is 1. The third kappa shape index (κ3) is 1.74. The van der Waals surface area contributed by atoms with Crippen LogP contribution in [-0.2, 0) is 10.3 Å². The van der Waals surface area contributed by atoms with Crippen LogP contribution in [-0.4, -0.2) is 44.0 Å². The van der Waals surface area contributed by atoms with E-state index in [1.807, 2.05) is 0 Å². The lowest BCUT2D eigenvalue weighted by atomic mass is 10.4. The summed E-state index contributed by atoms with van der Waals surface area (Å²) in [6.07, 6.45) is 0. The first-order chi connectivity index (χ1) is 5.63. The lowest BCUT2D eigenvalue weighted by molar-refractivity contribution is 0.228. The molecule has 2 amide bonds. The number of rotatable bonds is 0. The largest absolute Gasteiger partial charge is 0.351 e.